The molecule has 0 atom stereocenters. The summed E-state index contributed by atoms with van der Waals surface area (Å²) in [4.78, 5) is 36.8. The molecule has 2 heterocycles. The molecule has 0 aliphatic carbocycles. The first kappa shape index (κ1) is 17.2. The average Bonchev–Trinajstić information content (AvgIpc) is 2.65. The second-order valence-electron chi connectivity index (χ2n) is 5.68. The van der Waals surface area contributed by atoms with Gasteiger partial charge in [-0.25, -0.2) is 4.68 Å². The summed E-state index contributed by atoms with van der Waals surface area (Å²) in [6.07, 6.45) is 6.87. The second kappa shape index (κ2) is 7.07. The van der Waals surface area contributed by atoms with Crippen LogP contribution in [0.15, 0.2) is 52.2 Å². The van der Waals surface area contributed by atoms with E-state index in [2.05, 4.69) is 16.3 Å². The summed E-state index contributed by atoms with van der Waals surface area (Å²) in [5, 5.41) is 8.04. The molecule has 26 heavy (non-hydrogen) atoms. The van der Waals surface area contributed by atoms with Gasteiger partial charge in [0.15, 0.2) is 0 Å². The number of nitrogens with one attached hydrogen (secondary N) is 1. The van der Waals surface area contributed by atoms with Gasteiger partial charge in [0.05, 0.1) is 17.6 Å². The molecule has 0 unspecified atom stereocenters. The van der Waals surface area contributed by atoms with Crippen LogP contribution in [0.4, 0.5) is 0 Å². The summed E-state index contributed by atoms with van der Waals surface area (Å²) in [6, 6.07) is 10.1. The Hall–Kier alpha value is -3.66. The topological polar surface area (TPSA) is 86.0 Å². The lowest BCUT2D eigenvalue weighted by Gasteiger charge is -2.10. The van der Waals surface area contributed by atoms with E-state index in [1.807, 2.05) is 0 Å². The summed E-state index contributed by atoms with van der Waals surface area (Å²) in [6.45, 7) is 0.0894. The quantitative estimate of drug-likeness (QED) is 0.702. The number of fused-ring (bicyclic) bond motifs is 1. The van der Waals surface area contributed by atoms with Gasteiger partial charge in [0.1, 0.15) is 12.1 Å². The van der Waals surface area contributed by atoms with Crippen molar-refractivity contribution in [3.05, 3.63) is 74.6 Å². The number of carbonyl (C=O) groups excluding carboxylic acids is 1. The fraction of sp³-hybridized carbons (Fsp3) is 0.158. The maximum atomic E-state index is 12.4. The standard InChI is InChI=1S/C19H16N4O3/c1-3-10-23-19(26)14-8-5-4-7-13(14)16(21-23)12-20-17(24)15-9-6-11-22(2)18(15)25/h1,4-9,11H,10,12H2,2H3,(H,20,24). The summed E-state index contributed by atoms with van der Waals surface area (Å²) in [5.74, 6) is 1.88. The molecular weight excluding hydrogens is 332 g/mol. The molecule has 0 saturated carbocycles. The van der Waals surface area contributed by atoms with Gasteiger partial charge in [-0.1, -0.05) is 24.1 Å². The Morgan fingerprint density at radius 2 is 1.88 bits per heavy atom. The van der Waals surface area contributed by atoms with Crippen LogP contribution in [-0.2, 0) is 20.1 Å². The highest BCUT2D eigenvalue weighted by Crippen LogP contribution is 2.13. The van der Waals surface area contributed by atoms with Gasteiger partial charge in [-0.05, 0) is 18.2 Å². The molecule has 0 spiro atoms. The molecule has 130 valence electrons. The van der Waals surface area contributed by atoms with E-state index in [1.165, 1.54) is 15.3 Å². The molecule has 2 aromatic heterocycles. The van der Waals surface area contributed by atoms with E-state index in [9.17, 15) is 14.4 Å². The molecular formula is C19H16N4O3. The number of hydrogen-bond acceptors (Lipinski definition) is 4. The Kier molecular flexibility index (Phi) is 4.67. The molecule has 7 heteroatoms. The minimum absolute atomic E-state index is 0.0316. The predicted molar refractivity (Wildman–Crippen MR) is 97.7 cm³/mol. The van der Waals surface area contributed by atoms with Crippen LogP contribution in [0.2, 0.25) is 0 Å². The zero-order chi connectivity index (χ0) is 18.7. The zero-order valence-corrected chi connectivity index (χ0v) is 14.1. The number of terminal acetylenes is 1. The fourth-order valence-electron chi connectivity index (χ4n) is 2.66. The smallest absolute Gasteiger partial charge is 0.275 e. The summed E-state index contributed by atoms with van der Waals surface area (Å²) in [7, 11) is 1.57. The second-order valence-corrected chi connectivity index (χ2v) is 5.68. The van der Waals surface area contributed by atoms with Crippen molar-refractivity contribution in [2.24, 2.45) is 7.05 Å². The third kappa shape index (κ3) is 3.13. The van der Waals surface area contributed by atoms with Gasteiger partial charge < -0.3 is 9.88 Å². The Labute approximate surface area is 148 Å². The number of pyridine rings is 1. The van der Waals surface area contributed by atoms with Crippen molar-refractivity contribution < 1.29 is 4.79 Å². The predicted octanol–water partition coefficient (Wildman–Crippen LogP) is 0.658. The minimum atomic E-state index is -0.508. The lowest BCUT2D eigenvalue weighted by Crippen LogP contribution is -2.32. The van der Waals surface area contributed by atoms with Crippen molar-refractivity contribution >= 4 is 16.7 Å². The first-order valence-electron chi connectivity index (χ1n) is 7.89. The number of nitrogens with zero attached hydrogens (tertiary/aromatic N) is 3. The van der Waals surface area contributed by atoms with Crippen LogP contribution in [-0.4, -0.2) is 20.3 Å². The van der Waals surface area contributed by atoms with Crippen LogP contribution in [0.3, 0.4) is 0 Å². The van der Waals surface area contributed by atoms with E-state index in [0.29, 0.717) is 16.5 Å². The van der Waals surface area contributed by atoms with Gasteiger partial charge in [0, 0.05) is 18.6 Å². The molecule has 1 aromatic carbocycles. The highest BCUT2D eigenvalue weighted by atomic mass is 16.2. The molecule has 1 amide bonds. The summed E-state index contributed by atoms with van der Waals surface area (Å²) >= 11 is 0. The molecule has 0 radical (unpaired) electrons. The van der Waals surface area contributed by atoms with Crippen LogP contribution < -0.4 is 16.4 Å². The van der Waals surface area contributed by atoms with Crippen LogP contribution >= 0.6 is 0 Å². The number of hydrogen-bond donors (Lipinski definition) is 1. The first-order chi connectivity index (χ1) is 12.5. The van der Waals surface area contributed by atoms with Crippen LogP contribution in [0.1, 0.15) is 16.1 Å². The van der Waals surface area contributed by atoms with Crippen LogP contribution in [0, 0.1) is 12.3 Å². The van der Waals surface area contributed by atoms with Gasteiger partial charge in [0.2, 0.25) is 0 Å². The average molecular weight is 348 g/mol. The highest BCUT2D eigenvalue weighted by molar-refractivity contribution is 5.94. The van der Waals surface area contributed by atoms with E-state index in [-0.39, 0.29) is 29.8 Å². The monoisotopic (exact) mass is 348 g/mol. The zero-order valence-electron chi connectivity index (χ0n) is 14.1. The summed E-state index contributed by atoms with van der Waals surface area (Å²) < 4.78 is 2.51. The SMILES string of the molecule is C#CCn1nc(CNC(=O)c2cccn(C)c2=O)c2ccccc2c1=O. The van der Waals surface area contributed by atoms with E-state index < -0.39 is 5.91 Å². The Morgan fingerprint density at radius 3 is 2.62 bits per heavy atom. The molecule has 3 rings (SSSR count). The number of aryl methyl sites for hydroxylation is 1. The number of rotatable bonds is 4. The van der Waals surface area contributed by atoms with Gasteiger partial charge in [0.25, 0.3) is 17.0 Å². The van der Waals surface area contributed by atoms with Gasteiger partial charge >= 0.3 is 0 Å². The van der Waals surface area contributed by atoms with E-state index >= 15 is 0 Å². The Morgan fingerprint density at radius 1 is 1.15 bits per heavy atom. The van der Waals surface area contributed by atoms with Crippen molar-refractivity contribution in [2.45, 2.75) is 13.1 Å². The van der Waals surface area contributed by atoms with Crippen LogP contribution in [0.25, 0.3) is 10.8 Å². The molecule has 0 saturated heterocycles. The van der Waals surface area contributed by atoms with Crippen molar-refractivity contribution in [3.8, 4) is 12.3 Å². The number of benzene rings is 1. The molecule has 0 fully saturated rings. The van der Waals surface area contributed by atoms with Crippen molar-refractivity contribution in [2.75, 3.05) is 0 Å². The highest BCUT2D eigenvalue weighted by Gasteiger charge is 2.14. The van der Waals surface area contributed by atoms with Crippen molar-refractivity contribution in [1.29, 1.82) is 0 Å². The fourth-order valence-corrected chi connectivity index (χ4v) is 2.66. The molecule has 7 nitrogen and oxygen atoms in total. The maximum Gasteiger partial charge on any atom is 0.275 e. The van der Waals surface area contributed by atoms with Crippen LogP contribution in [0.5, 0.6) is 0 Å². The normalized spacial score (nSPS) is 10.5. The number of amides is 1. The van der Waals surface area contributed by atoms with Gasteiger partial charge in [-0.15, -0.1) is 6.42 Å². The third-order valence-corrected chi connectivity index (χ3v) is 3.97. The Bertz CT molecular complexity index is 1150. The number of carbonyl (C=O) groups is 1. The van der Waals surface area contributed by atoms with E-state index in [4.69, 9.17) is 6.42 Å². The summed E-state index contributed by atoms with van der Waals surface area (Å²) in [5.41, 5.74) is -0.140. The molecule has 0 aliphatic rings. The molecule has 3 aromatic rings. The van der Waals surface area contributed by atoms with E-state index in [1.54, 1.807) is 43.6 Å². The number of aromatic nitrogens is 3. The minimum Gasteiger partial charge on any atom is -0.346 e. The molecule has 0 aliphatic heterocycles. The van der Waals surface area contributed by atoms with Crippen molar-refractivity contribution in [1.82, 2.24) is 19.7 Å². The Balaban J connectivity index is 1.96. The lowest BCUT2D eigenvalue weighted by atomic mass is 10.1. The largest absolute Gasteiger partial charge is 0.346 e. The molecule has 0 bridgehead atoms. The molecule has 1 N–H and O–H groups in total. The lowest BCUT2D eigenvalue weighted by molar-refractivity contribution is 0.0948. The first-order valence-corrected chi connectivity index (χ1v) is 7.89. The van der Waals surface area contributed by atoms with Gasteiger partial charge in [-0.2, -0.15) is 5.10 Å². The van der Waals surface area contributed by atoms with Crippen molar-refractivity contribution in [3.63, 3.8) is 0 Å². The van der Waals surface area contributed by atoms with Gasteiger partial charge in [-0.3, -0.25) is 14.4 Å². The van der Waals surface area contributed by atoms with E-state index in [0.717, 1.165) is 0 Å². The maximum absolute atomic E-state index is 12.4. The third-order valence-electron chi connectivity index (χ3n) is 3.97.